The predicted molar refractivity (Wildman–Crippen MR) is 72.1 cm³/mol. The average Bonchev–Trinajstić information content (AvgIpc) is 2.24. The summed E-state index contributed by atoms with van der Waals surface area (Å²) < 4.78 is 63.0. The van der Waals surface area contributed by atoms with Crippen LogP contribution in [0.1, 0.15) is 0 Å². The van der Waals surface area contributed by atoms with Gasteiger partial charge in [-0.2, -0.15) is 16.8 Å². The predicted octanol–water partition coefficient (Wildman–Crippen LogP) is 0.417. The van der Waals surface area contributed by atoms with Gasteiger partial charge >= 0.3 is 23.1 Å². The van der Waals surface area contributed by atoms with Gasteiger partial charge in [-0.25, -0.2) is 0 Å². The Morgan fingerprint density at radius 3 is 1.89 bits per heavy atom. The topological polar surface area (TPSA) is 109 Å². The summed E-state index contributed by atoms with van der Waals surface area (Å²) in [6.07, 6.45) is 0. The lowest BCUT2D eigenvalue weighted by molar-refractivity contribution is 0.467. The van der Waals surface area contributed by atoms with Gasteiger partial charge in [0.25, 0.3) is 20.2 Å². The van der Waals surface area contributed by atoms with Crippen LogP contribution >= 0.6 is 0 Å². The van der Waals surface area contributed by atoms with Crippen molar-refractivity contribution in [1.29, 1.82) is 0 Å². The molecule has 19 heavy (non-hydrogen) atoms. The maximum atomic E-state index is 11.3. The van der Waals surface area contributed by atoms with Gasteiger partial charge in [0, 0.05) is 5.39 Å². The molecule has 0 aliphatic rings. The summed E-state index contributed by atoms with van der Waals surface area (Å²) in [4.78, 5) is -1.66. The minimum atomic E-state index is -4.78. The maximum absolute atomic E-state index is 11.3. The highest BCUT2D eigenvalue weighted by molar-refractivity contribution is 7.89. The van der Waals surface area contributed by atoms with Gasteiger partial charge in [0.15, 0.2) is 0 Å². The van der Waals surface area contributed by atoms with Gasteiger partial charge in [0.05, 0.1) is 0 Å². The van der Waals surface area contributed by atoms with Crippen molar-refractivity contribution < 1.29 is 25.9 Å². The molecular weight excluding hydrogens is 305 g/mol. The molecule has 2 rings (SSSR count). The van der Waals surface area contributed by atoms with Crippen LogP contribution in [0.3, 0.4) is 0 Å². The Morgan fingerprint density at radius 2 is 1.37 bits per heavy atom. The normalized spacial score (nSPS) is 12.1. The molecule has 0 fully saturated rings. The zero-order valence-corrected chi connectivity index (χ0v) is 10.4. The van der Waals surface area contributed by atoms with Gasteiger partial charge in [-0.05, 0) is 11.5 Å². The molecule has 0 saturated carbocycles. The summed E-state index contributed by atoms with van der Waals surface area (Å²) in [7, 11) is -9.53. The second-order valence-corrected chi connectivity index (χ2v) is 6.31. The molecule has 0 aliphatic carbocycles. The Balaban J connectivity index is 0.00000180. The number of hydrogen-bond donors (Lipinski definition) is 2. The van der Waals surface area contributed by atoms with Crippen molar-refractivity contribution in [1.82, 2.24) is 0 Å². The monoisotopic (exact) mass is 314 g/mol. The maximum Gasteiger partial charge on any atom is 0.316 e. The van der Waals surface area contributed by atoms with Gasteiger partial charge in [0.1, 0.15) is 9.79 Å². The molecular formula is C10H10MgO6S2. The van der Waals surface area contributed by atoms with Gasteiger partial charge in [0.2, 0.25) is 0 Å². The molecule has 100 valence electrons. The molecule has 0 heterocycles. The lowest BCUT2D eigenvalue weighted by Gasteiger charge is -2.08. The summed E-state index contributed by atoms with van der Waals surface area (Å²) in [5, 5.41) is 0.452. The van der Waals surface area contributed by atoms with E-state index in [2.05, 4.69) is 0 Å². The van der Waals surface area contributed by atoms with Crippen LogP contribution in [0.25, 0.3) is 10.8 Å². The zero-order chi connectivity index (χ0) is 13.6. The largest absolute Gasteiger partial charge is 0.316 e. The van der Waals surface area contributed by atoms with E-state index in [1.54, 1.807) is 12.1 Å². The van der Waals surface area contributed by atoms with Gasteiger partial charge in [-0.1, -0.05) is 30.3 Å². The molecule has 9 heteroatoms. The first-order chi connectivity index (χ1) is 8.21. The smallest absolute Gasteiger partial charge is 0.282 e. The standard InChI is InChI=1S/C10H8O6S2.Mg.2H/c11-17(12,13)9-6-5-7-3-1-2-4-8(7)10(9)18(14,15)16;;;/h1-6H,(H,11,12,13)(H,14,15,16);;;. The minimum absolute atomic E-state index is 0. The van der Waals surface area contributed by atoms with E-state index >= 15 is 0 Å². The van der Waals surface area contributed by atoms with E-state index in [9.17, 15) is 16.8 Å². The molecule has 0 amide bonds. The number of benzene rings is 2. The second kappa shape index (κ2) is 5.35. The number of rotatable bonds is 2. The molecule has 0 spiro atoms. The number of fused-ring (bicyclic) bond motifs is 1. The lowest BCUT2D eigenvalue weighted by atomic mass is 10.1. The summed E-state index contributed by atoms with van der Waals surface area (Å²) in [5.41, 5.74) is 0. The molecule has 0 bridgehead atoms. The van der Waals surface area contributed by atoms with Crippen LogP contribution in [-0.4, -0.2) is 49.0 Å². The summed E-state index contributed by atoms with van der Waals surface area (Å²) in [6.45, 7) is 0. The van der Waals surface area contributed by atoms with E-state index in [-0.39, 0.29) is 28.4 Å². The number of hydrogen-bond acceptors (Lipinski definition) is 4. The van der Waals surface area contributed by atoms with Gasteiger partial charge in [-0.15, -0.1) is 0 Å². The highest BCUT2D eigenvalue weighted by atomic mass is 32.2. The van der Waals surface area contributed by atoms with Crippen LogP contribution in [0, 0.1) is 0 Å². The van der Waals surface area contributed by atoms with Crippen molar-refractivity contribution in [3.05, 3.63) is 36.4 Å². The van der Waals surface area contributed by atoms with E-state index in [1.165, 1.54) is 18.2 Å². The molecule has 0 saturated heterocycles. The molecule has 0 aliphatic heterocycles. The second-order valence-electron chi connectivity index (χ2n) is 3.56. The summed E-state index contributed by atoms with van der Waals surface area (Å²) in [6, 6.07) is 8.28. The molecule has 2 aromatic carbocycles. The third-order valence-corrected chi connectivity index (χ3v) is 4.36. The fourth-order valence-corrected chi connectivity index (χ4v) is 3.69. The van der Waals surface area contributed by atoms with E-state index in [1.807, 2.05) is 0 Å². The van der Waals surface area contributed by atoms with E-state index in [4.69, 9.17) is 9.11 Å². The molecule has 0 radical (unpaired) electrons. The molecule has 6 nitrogen and oxygen atoms in total. The highest BCUT2D eigenvalue weighted by Crippen LogP contribution is 2.29. The Morgan fingerprint density at radius 1 is 0.789 bits per heavy atom. The third kappa shape index (κ3) is 3.24. The fraction of sp³-hybridized carbons (Fsp3) is 0. The molecule has 0 aromatic heterocycles. The minimum Gasteiger partial charge on any atom is -0.282 e. The third-order valence-electron chi connectivity index (χ3n) is 2.38. The first-order valence-corrected chi connectivity index (χ1v) is 7.56. The van der Waals surface area contributed by atoms with Crippen molar-refractivity contribution in [3.8, 4) is 0 Å². The van der Waals surface area contributed by atoms with Crippen LogP contribution < -0.4 is 0 Å². The van der Waals surface area contributed by atoms with E-state index in [0.717, 1.165) is 6.07 Å². The van der Waals surface area contributed by atoms with Gasteiger partial charge in [-0.3, -0.25) is 9.11 Å². The van der Waals surface area contributed by atoms with Crippen LogP contribution in [0.4, 0.5) is 0 Å². The summed E-state index contributed by atoms with van der Waals surface area (Å²) >= 11 is 0. The highest BCUT2D eigenvalue weighted by Gasteiger charge is 2.26. The van der Waals surface area contributed by atoms with Crippen molar-refractivity contribution >= 4 is 54.1 Å². The van der Waals surface area contributed by atoms with Crippen molar-refractivity contribution in [2.45, 2.75) is 9.79 Å². The van der Waals surface area contributed by atoms with Crippen LogP contribution in [0.15, 0.2) is 46.2 Å². The Bertz CT molecular complexity index is 826. The van der Waals surface area contributed by atoms with Crippen molar-refractivity contribution in [2.24, 2.45) is 0 Å². The van der Waals surface area contributed by atoms with E-state index < -0.39 is 30.0 Å². The van der Waals surface area contributed by atoms with Crippen molar-refractivity contribution in [2.75, 3.05) is 0 Å². The Labute approximate surface area is 126 Å². The molecule has 2 aromatic rings. The fourth-order valence-electron chi connectivity index (χ4n) is 1.69. The molecule has 0 unspecified atom stereocenters. The first-order valence-electron chi connectivity index (χ1n) is 4.68. The Kier molecular flexibility index (Phi) is 4.60. The zero-order valence-electron chi connectivity index (χ0n) is 8.81. The van der Waals surface area contributed by atoms with Crippen molar-refractivity contribution in [3.63, 3.8) is 0 Å². The Hall–Kier alpha value is -0.714. The lowest BCUT2D eigenvalue weighted by Crippen LogP contribution is -2.09. The quantitative estimate of drug-likeness (QED) is 0.614. The van der Waals surface area contributed by atoms with Crippen LogP contribution in [0.2, 0.25) is 0 Å². The SMILES string of the molecule is O=S(=O)(O)c1ccc2ccccc2c1S(=O)(=O)O.[MgH2]. The molecule has 2 N–H and O–H groups in total. The van der Waals surface area contributed by atoms with Gasteiger partial charge < -0.3 is 0 Å². The summed E-state index contributed by atoms with van der Waals surface area (Å²) in [5.74, 6) is 0. The first kappa shape index (κ1) is 16.3. The molecule has 0 atom stereocenters. The van der Waals surface area contributed by atoms with Crippen LogP contribution in [0.5, 0.6) is 0 Å². The van der Waals surface area contributed by atoms with E-state index in [0.29, 0.717) is 5.39 Å². The van der Waals surface area contributed by atoms with Crippen LogP contribution in [-0.2, 0) is 20.2 Å². The average molecular weight is 315 g/mol.